The van der Waals surface area contributed by atoms with E-state index in [4.69, 9.17) is 5.11 Å². The van der Waals surface area contributed by atoms with Crippen LogP contribution in [0.1, 0.15) is 19.8 Å². The highest BCUT2D eigenvalue weighted by Gasteiger charge is 2.39. The molecule has 5 heteroatoms. The van der Waals surface area contributed by atoms with Gasteiger partial charge in [-0.2, -0.15) is 0 Å². The third-order valence-electron chi connectivity index (χ3n) is 2.70. The standard InChI is InChI=1S/C10H18N2O3/c1-3-4-12(5-6-13)8-7-9(14)11(2)10(8)15/h8,13H,3-7H2,1-2H3. The number of hydrogen-bond acceptors (Lipinski definition) is 4. The summed E-state index contributed by atoms with van der Waals surface area (Å²) in [7, 11) is 1.51. The van der Waals surface area contributed by atoms with E-state index in [2.05, 4.69) is 0 Å². The van der Waals surface area contributed by atoms with Gasteiger partial charge in [-0.1, -0.05) is 6.92 Å². The van der Waals surface area contributed by atoms with Crippen molar-refractivity contribution in [2.45, 2.75) is 25.8 Å². The van der Waals surface area contributed by atoms with Gasteiger partial charge < -0.3 is 5.11 Å². The van der Waals surface area contributed by atoms with Crippen LogP contribution in [0.5, 0.6) is 0 Å². The van der Waals surface area contributed by atoms with Gasteiger partial charge in [-0.3, -0.25) is 19.4 Å². The maximum Gasteiger partial charge on any atom is 0.246 e. The second-order valence-electron chi connectivity index (χ2n) is 3.77. The van der Waals surface area contributed by atoms with E-state index in [1.165, 1.54) is 11.9 Å². The molecule has 0 radical (unpaired) electrons. The Kier molecular flexibility index (Phi) is 4.23. The van der Waals surface area contributed by atoms with Gasteiger partial charge in [-0.05, 0) is 13.0 Å². The maximum atomic E-state index is 11.7. The van der Waals surface area contributed by atoms with Crippen LogP contribution in [0.25, 0.3) is 0 Å². The summed E-state index contributed by atoms with van der Waals surface area (Å²) in [6.45, 7) is 3.21. The Morgan fingerprint density at radius 1 is 1.47 bits per heavy atom. The van der Waals surface area contributed by atoms with Crippen LogP contribution in [-0.2, 0) is 9.59 Å². The Balaban J connectivity index is 2.68. The van der Waals surface area contributed by atoms with Crippen LogP contribution >= 0.6 is 0 Å². The SMILES string of the molecule is CCCN(CCO)C1CC(=O)N(C)C1=O. The summed E-state index contributed by atoms with van der Waals surface area (Å²) >= 11 is 0. The van der Waals surface area contributed by atoms with Gasteiger partial charge in [0, 0.05) is 13.6 Å². The second-order valence-corrected chi connectivity index (χ2v) is 3.77. The Morgan fingerprint density at radius 3 is 2.53 bits per heavy atom. The fourth-order valence-electron chi connectivity index (χ4n) is 1.86. The first kappa shape index (κ1) is 12.1. The predicted octanol–water partition coefficient (Wildman–Crippen LogP) is -0.552. The van der Waals surface area contributed by atoms with Gasteiger partial charge in [0.2, 0.25) is 11.8 Å². The number of hydrogen-bond donors (Lipinski definition) is 1. The molecule has 0 bridgehead atoms. The van der Waals surface area contributed by atoms with Crippen LogP contribution in [0.3, 0.4) is 0 Å². The number of aliphatic hydroxyl groups is 1. The number of likely N-dealkylation sites (tertiary alicyclic amines) is 1. The molecule has 0 aromatic carbocycles. The number of nitrogens with zero attached hydrogens (tertiary/aromatic N) is 2. The van der Waals surface area contributed by atoms with Gasteiger partial charge in [-0.25, -0.2) is 0 Å². The quantitative estimate of drug-likeness (QED) is 0.624. The van der Waals surface area contributed by atoms with Gasteiger partial charge >= 0.3 is 0 Å². The fraction of sp³-hybridized carbons (Fsp3) is 0.800. The predicted molar refractivity (Wildman–Crippen MR) is 55.1 cm³/mol. The van der Waals surface area contributed by atoms with Crippen molar-refractivity contribution >= 4 is 11.8 Å². The van der Waals surface area contributed by atoms with Crippen molar-refractivity contribution in [2.24, 2.45) is 0 Å². The minimum Gasteiger partial charge on any atom is -0.395 e. The van der Waals surface area contributed by atoms with Crippen molar-refractivity contribution < 1.29 is 14.7 Å². The van der Waals surface area contributed by atoms with Crippen LogP contribution in [-0.4, -0.2) is 59.5 Å². The maximum absolute atomic E-state index is 11.7. The van der Waals surface area contributed by atoms with E-state index < -0.39 is 0 Å². The molecule has 0 aromatic rings. The molecule has 0 spiro atoms. The highest BCUT2D eigenvalue weighted by atomic mass is 16.3. The normalized spacial score (nSPS) is 21.9. The lowest BCUT2D eigenvalue weighted by molar-refractivity contribution is -0.138. The highest BCUT2D eigenvalue weighted by molar-refractivity contribution is 6.05. The molecule has 0 saturated carbocycles. The van der Waals surface area contributed by atoms with E-state index in [9.17, 15) is 9.59 Å². The van der Waals surface area contributed by atoms with Crippen LogP contribution in [0, 0.1) is 0 Å². The molecule has 1 saturated heterocycles. The lowest BCUT2D eigenvalue weighted by atomic mass is 10.2. The van der Waals surface area contributed by atoms with E-state index in [0.29, 0.717) is 6.54 Å². The summed E-state index contributed by atoms with van der Waals surface area (Å²) in [4.78, 5) is 26.1. The first-order valence-corrected chi connectivity index (χ1v) is 5.27. The zero-order valence-electron chi connectivity index (χ0n) is 9.27. The summed E-state index contributed by atoms with van der Waals surface area (Å²) in [5.41, 5.74) is 0. The fourth-order valence-corrected chi connectivity index (χ4v) is 1.86. The van der Waals surface area contributed by atoms with E-state index in [1.54, 1.807) is 0 Å². The van der Waals surface area contributed by atoms with Gasteiger partial charge in [0.05, 0.1) is 19.1 Å². The molecule has 1 heterocycles. The number of rotatable bonds is 5. The minimum absolute atomic E-state index is 0.0156. The molecule has 1 aliphatic heterocycles. The van der Waals surface area contributed by atoms with Crippen molar-refractivity contribution in [2.75, 3.05) is 26.7 Å². The number of imide groups is 1. The van der Waals surface area contributed by atoms with Crippen LogP contribution in [0.4, 0.5) is 0 Å². The smallest absolute Gasteiger partial charge is 0.246 e. The lowest BCUT2D eigenvalue weighted by Crippen LogP contribution is -2.42. The molecule has 0 aliphatic carbocycles. The van der Waals surface area contributed by atoms with Crippen molar-refractivity contribution in [1.82, 2.24) is 9.80 Å². The zero-order chi connectivity index (χ0) is 11.4. The molecule has 86 valence electrons. The van der Waals surface area contributed by atoms with Crippen molar-refractivity contribution in [3.8, 4) is 0 Å². The largest absolute Gasteiger partial charge is 0.395 e. The molecule has 5 nitrogen and oxygen atoms in total. The van der Waals surface area contributed by atoms with Crippen molar-refractivity contribution in [3.63, 3.8) is 0 Å². The van der Waals surface area contributed by atoms with E-state index in [1.807, 2.05) is 11.8 Å². The van der Waals surface area contributed by atoms with Crippen molar-refractivity contribution in [1.29, 1.82) is 0 Å². The van der Waals surface area contributed by atoms with Crippen LogP contribution in [0.2, 0.25) is 0 Å². The molecule has 1 unspecified atom stereocenters. The highest BCUT2D eigenvalue weighted by Crippen LogP contribution is 2.17. The summed E-state index contributed by atoms with van der Waals surface area (Å²) in [5, 5.41) is 8.89. The number of likely N-dealkylation sites (N-methyl/N-ethyl adjacent to an activating group) is 1. The molecular weight excluding hydrogens is 196 g/mol. The molecule has 2 amide bonds. The van der Waals surface area contributed by atoms with E-state index in [-0.39, 0.29) is 30.9 Å². The topological polar surface area (TPSA) is 60.9 Å². The Hall–Kier alpha value is -0.940. The third-order valence-corrected chi connectivity index (χ3v) is 2.70. The first-order valence-electron chi connectivity index (χ1n) is 5.27. The summed E-state index contributed by atoms with van der Waals surface area (Å²) < 4.78 is 0. The summed E-state index contributed by atoms with van der Waals surface area (Å²) in [6.07, 6.45) is 1.15. The third kappa shape index (κ3) is 2.54. The minimum atomic E-state index is -0.366. The summed E-state index contributed by atoms with van der Waals surface area (Å²) in [5.74, 6) is -0.286. The number of carbonyl (C=O) groups is 2. The molecule has 1 aliphatic rings. The van der Waals surface area contributed by atoms with Crippen LogP contribution < -0.4 is 0 Å². The van der Waals surface area contributed by atoms with Gasteiger partial charge in [0.25, 0.3) is 0 Å². The Morgan fingerprint density at radius 2 is 2.13 bits per heavy atom. The monoisotopic (exact) mass is 214 g/mol. The molecule has 1 atom stereocenters. The Labute approximate surface area is 89.7 Å². The first-order chi connectivity index (χ1) is 7.11. The van der Waals surface area contributed by atoms with Gasteiger partial charge in [0.15, 0.2) is 0 Å². The average molecular weight is 214 g/mol. The van der Waals surface area contributed by atoms with Gasteiger partial charge in [0.1, 0.15) is 0 Å². The van der Waals surface area contributed by atoms with E-state index >= 15 is 0 Å². The summed E-state index contributed by atoms with van der Waals surface area (Å²) in [6, 6.07) is -0.366. The van der Waals surface area contributed by atoms with Crippen molar-refractivity contribution in [3.05, 3.63) is 0 Å². The van der Waals surface area contributed by atoms with Crippen LogP contribution in [0.15, 0.2) is 0 Å². The van der Waals surface area contributed by atoms with E-state index in [0.717, 1.165) is 13.0 Å². The number of aliphatic hydroxyl groups excluding tert-OH is 1. The lowest BCUT2D eigenvalue weighted by Gasteiger charge is -2.25. The molecule has 0 aromatic heterocycles. The second kappa shape index (κ2) is 5.23. The molecule has 1 fully saturated rings. The molecule has 1 N–H and O–H groups in total. The molecule has 15 heavy (non-hydrogen) atoms. The number of carbonyl (C=O) groups excluding carboxylic acids is 2. The van der Waals surface area contributed by atoms with Gasteiger partial charge in [-0.15, -0.1) is 0 Å². The number of amides is 2. The zero-order valence-corrected chi connectivity index (χ0v) is 9.27. The Bertz CT molecular complexity index is 249. The average Bonchev–Trinajstić information content (AvgIpc) is 2.46. The molecular formula is C10H18N2O3. The molecule has 1 rings (SSSR count).